The molecule has 1 N–H and O–H groups in total. The molecule has 1 aliphatic heterocycles. The Kier molecular flexibility index (Phi) is 4.91. The molecule has 1 aromatic carbocycles. The van der Waals surface area contributed by atoms with E-state index in [0.29, 0.717) is 10.8 Å². The van der Waals surface area contributed by atoms with Gasteiger partial charge < -0.3 is 4.74 Å². The standard InChI is InChI=1S/C19H17N3O5S/c23-15(21-19-20-12-6-2-4-8-14(12)28-19)10-27-16(24)9-22-13-7-3-1-5-11(13)17(25)18(22)26/h1,3,5,7H,2,4,6,8-10H2,(H,20,21,23). The second kappa shape index (κ2) is 7.51. The molecule has 28 heavy (non-hydrogen) atoms. The summed E-state index contributed by atoms with van der Waals surface area (Å²) in [5.74, 6) is -2.71. The van der Waals surface area contributed by atoms with E-state index < -0.39 is 36.7 Å². The van der Waals surface area contributed by atoms with Gasteiger partial charge in [0.25, 0.3) is 17.6 Å². The van der Waals surface area contributed by atoms with E-state index >= 15 is 0 Å². The van der Waals surface area contributed by atoms with Gasteiger partial charge in [-0.25, -0.2) is 4.98 Å². The molecule has 2 aromatic rings. The first kappa shape index (κ1) is 18.3. The molecule has 0 atom stereocenters. The van der Waals surface area contributed by atoms with Crippen LogP contribution in [0, 0.1) is 0 Å². The molecule has 0 saturated carbocycles. The number of hydrogen-bond donors (Lipinski definition) is 1. The summed E-state index contributed by atoms with van der Waals surface area (Å²) in [7, 11) is 0. The highest BCUT2D eigenvalue weighted by molar-refractivity contribution is 7.15. The molecule has 9 heteroatoms. The van der Waals surface area contributed by atoms with Crippen LogP contribution >= 0.6 is 11.3 Å². The van der Waals surface area contributed by atoms with E-state index in [2.05, 4.69) is 10.3 Å². The topological polar surface area (TPSA) is 106 Å². The number of hydrogen-bond acceptors (Lipinski definition) is 7. The molecule has 4 rings (SSSR count). The summed E-state index contributed by atoms with van der Waals surface area (Å²) in [5.41, 5.74) is 1.65. The first-order chi connectivity index (χ1) is 13.5. The van der Waals surface area contributed by atoms with Crippen LogP contribution in [0.25, 0.3) is 0 Å². The zero-order valence-corrected chi connectivity index (χ0v) is 15.7. The number of ether oxygens (including phenoxy) is 1. The number of para-hydroxylation sites is 1. The predicted molar refractivity (Wildman–Crippen MR) is 101 cm³/mol. The van der Waals surface area contributed by atoms with Gasteiger partial charge in [-0.05, 0) is 37.8 Å². The zero-order valence-electron chi connectivity index (χ0n) is 14.9. The summed E-state index contributed by atoms with van der Waals surface area (Å²) >= 11 is 1.44. The minimum absolute atomic E-state index is 0.255. The third-order valence-corrected chi connectivity index (χ3v) is 5.70. The molecule has 0 bridgehead atoms. The smallest absolute Gasteiger partial charge is 0.326 e. The number of Topliss-reactive ketones (excluding diaryl/α,β-unsaturated/α-hetero) is 1. The van der Waals surface area contributed by atoms with E-state index in [4.69, 9.17) is 4.74 Å². The van der Waals surface area contributed by atoms with Crippen molar-refractivity contribution in [1.29, 1.82) is 0 Å². The van der Waals surface area contributed by atoms with Crippen LogP contribution < -0.4 is 10.2 Å². The minimum atomic E-state index is -0.782. The van der Waals surface area contributed by atoms with Crippen molar-refractivity contribution >= 4 is 45.7 Å². The molecule has 1 aromatic heterocycles. The Labute approximate surface area is 164 Å². The highest BCUT2D eigenvalue weighted by Crippen LogP contribution is 2.30. The monoisotopic (exact) mass is 399 g/mol. The second-order valence-electron chi connectivity index (χ2n) is 6.54. The minimum Gasteiger partial charge on any atom is -0.454 e. The van der Waals surface area contributed by atoms with Gasteiger partial charge in [0.1, 0.15) is 6.54 Å². The van der Waals surface area contributed by atoms with Crippen LogP contribution in [0.3, 0.4) is 0 Å². The lowest BCUT2D eigenvalue weighted by Gasteiger charge is -2.15. The Balaban J connectivity index is 1.31. The number of benzene rings is 1. The maximum absolute atomic E-state index is 12.1. The third kappa shape index (κ3) is 3.53. The lowest BCUT2D eigenvalue weighted by atomic mass is 10.0. The predicted octanol–water partition coefficient (Wildman–Crippen LogP) is 1.73. The number of carbonyl (C=O) groups excluding carboxylic acids is 4. The van der Waals surface area contributed by atoms with Crippen LogP contribution in [0.2, 0.25) is 0 Å². The molecule has 2 amide bonds. The lowest BCUT2D eigenvalue weighted by molar-refractivity contribution is -0.146. The van der Waals surface area contributed by atoms with Gasteiger partial charge in [0.2, 0.25) is 0 Å². The van der Waals surface area contributed by atoms with Gasteiger partial charge >= 0.3 is 5.97 Å². The number of carbonyl (C=O) groups is 4. The largest absolute Gasteiger partial charge is 0.454 e. The van der Waals surface area contributed by atoms with Crippen molar-refractivity contribution in [2.75, 3.05) is 23.4 Å². The van der Waals surface area contributed by atoms with Crippen LogP contribution in [-0.4, -0.2) is 41.7 Å². The van der Waals surface area contributed by atoms with Crippen LogP contribution in [0.1, 0.15) is 33.8 Å². The SMILES string of the molecule is O=C(COC(=O)CN1C(=O)C(=O)c2ccccc21)Nc1nc2c(s1)CCCC2. The van der Waals surface area contributed by atoms with Crippen molar-refractivity contribution in [2.24, 2.45) is 0 Å². The van der Waals surface area contributed by atoms with Crippen molar-refractivity contribution in [3.63, 3.8) is 0 Å². The van der Waals surface area contributed by atoms with Gasteiger partial charge in [0.15, 0.2) is 11.7 Å². The Morgan fingerprint density at radius 3 is 2.79 bits per heavy atom. The summed E-state index contributed by atoms with van der Waals surface area (Å²) in [6.45, 7) is -0.916. The van der Waals surface area contributed by atoms with Gasteiger partial charge in [-0.15, -0.1) is 11.3 Å². The number of fused-ring (bicyclic) bond motifs is 2. The Morgan fingerprint density at radius 1 is 1.18 bits per heavy atom. The van der Waals surface area contributed by atoms with E-state index in [-0.39, 0.29) is 5.56 Å². The number of aromatic nitrogens is 1. The molecular formula is C19H17N3O5S. The zero-order chi connectivity index (χ0) is 19.7. The quantitative estimate of drug-likeness (QED) is 0.606. The molecule has 0 radical (unpaired) electrons. The van der Waals surface area contributed by atoms with E-state index in [1.54, 1.807) is 18.2 Å². The van der Waals surface area contributed by atoms with Crippen molar-refractivity contribution in [3.8, 4) is 0 Å². The van der Waals surface area contributed by atoms with Gasteiger partial charge in [-0.2, -0.15) is 0 Å². The number of aryl methyl sites for hydroxylation is 2. The van der Waals surface area contributed by atoms with E-state index in [1.807, 2.05) is 0 Å². The van der Waals surface area contributed by atoms with Crippen LogP contribution in [0.15, 0.2) is 24.3 Å². The molecule has 0 unspecified atom stereocenters. The van der Waals surface area contributed by atoms with Crippen molar-refractivity contribution in [1.82, 2.24) is 4.98 Å². The Hall–Kier alpha value is -3.07. The molecule has 1 aliphatic carbocycles. The van der Waals surface area contributed by atoms with Crippen molar-refractivity contribution < 1.29 is 23.9 Å². The van der Waals surface area contributed by atoms with Crippen LogP contribution in [-0.2, 0) is 32.0 Å². The highest BCUT2D eigenvalue weighted by atomic mass is 32.1. The molecule has 0 saturated heterocycles. The molecule has 2 heterocycles. The average Bonchev–Trinajstić information content (AvgIpc) is 3.21. The number of rotatable bonds is 5. The number of nitrogens with one attached hydrogen (secondary N) is 1. The Morgan fingerprint density at radius 2 is 1.96 bits per heavy atom. The fraction of sp³-hybridized carbons (Fsp3) is 0.316. The van der Waals surface area contributed by atoms with Gasteiger partial charge in [0, 0.05) is 4.88 Å². The molecule has 8 nitrogen and oxygen atoms in total. The van der Waals surface area contributed by atoms with Crippen molar-refractivity contribution in [3.05, 3.63) is 40.4 Å². The number of amides is 2. The summed E-state index contributed by atoms with van der Waals surface area (Å²) in [6, 6.07) is 6.43. The molecule has 0 spiro atoms. The highest BCUT2D eigenvalue weighted by Gasteiger charge is 2.36. The van der Waals surface area contributed by atoms with Gasteiger partial charge in [-0.3, -0.25) is 29.4 Å². The molecule has 2 aliphatic rings. The van der Waals surface area contributed by atoms with Crippen LogP contribution in [0.5, 0.6) is 0 Å². The van der Waals surface area contributed by atoms with Crippen LogP contribution in [0.4, 0.5) is 10.8 Å². The number of esters is 1. The maximum atomic E-state index is 12.1. The third-order valence-electron chi connectivity index (χ3n) is 4.62. The van der Waals surface area contributed by atoms with Gasteiger partial charge in [0.05, 0.1) is 16.9 Å². The summed E-state index contributed by atoms with van der Waals surface area (Å²) in [4.78, 5) is 54.7. The number of anilines is 2. The molecule has 0 fully saturated rings. The van der Waals surface area contributed by atoms with E-state index in [9.17, 15) is 19.2 Å². The van der Waals surface area contributed by atoms with Gasteiger partial charge in [-0.1, -0.05) is 12.1 Å². The fourth-order valence-electron chi connectivity index (χ4n) is 3.29. The number of ketones is 1. The lowest BCUT2D eigenvalue weighted by Crippen LogP contribution is -2.36. The molecule has 144 valence electrons. The fourth-order valence-corrected chi connectivity index (χ4v) is 4.35. The second-order valence-corrected chi connectivity index (χ2v) is 7.63. The molecular weight excluding hydrogens is 382 g/mol. The number of nitrogens with zero attached hydrogens (tertiary/aromatic N) is 2. The summed E-state index contributed by atoms with van der Waals surface area (Å²) in [6.07, 6.45) is 4.12. The summed E-state index contributed by atoms with van der Waals surface area (Å²) < 4.78 is 4.96. The number of thiazole rings is 1. The normalized spacial score (nSPS) is 15.2. The van der Waals surface area contributed by atoms with E-state index in [1.165, 1.54) is 22.3 Å². The van der Waals surface area contributed by atoms with Crippen molar-refractivity contribution in [2.45, 2.75) is 25.7 Å². The summed E-state index contributed by atoms with van der Waals surface area (Å²) in [5, 5.41) is 3.14. The maximum Gasteiger partial charge on any atom is 0.326 e. The average molecular weight is 399 g/mol. The first-order valence-electron chi connectivity index (χ1n) is 8.92. The Bertz CT molecular complexity index is 960. The van der Waals surface area contributed by atoms with E-state index in [0.717, 1.165) is 36.3 Å². The first-order valence-corrected chi connectivity index (χ1v) is 9.74.